The van der Waals surface area contributed by atoms with Crippen molar-refractivity contribution >= 4 is 54.2 Å². The maximum absolute atomic E-state index is 12.6. The number of aromatic amines is 1. The Balaban J connectivity index is 1.55. The number of Topliss-reactive ketones (excluding diaryl/α,β-unsaturated/α-hetero) is 1. The molecule has 2 aromatic heterocycles. The third-order valence-electron chi connectivity index (χ3n) is 6.09. The zero-order valence-corrected chi connectivity index (χ0v) is 24.5. The molecule has 1 aliphatic heterocycles. The van der Waals surface area contributed by atoms with Gasteiger partial charge in [0.05, 0.1) is 19.4 Å². The van der Waals surface area contributed by atoms with Gasteiger partial charge in [0, 0.05) is 23.8 Å². The molecule has 1 fully saturated rings. The Morgan fingerprint density at radius 2 is 1.98 bits per heavy atom. The number of fused-ring (bicyclic) bond motifs is 1. The van der Waals surface area contributed by atoms with E-state index < -0.39 is 44.4 Å². The van der Waals surface area contributed by atoms with Crippen LogP contribution in [-0.4, -0.2) is 60.9 Å². The molecule has 1 amide bonds. The van der Waals surface area contributed by atoms with Crippen LogP contribution in [0.2, 0.25) is 5.02 Å². The number of carbonyl (C=O) groups excluding carboxylic acids is 3. The lowest BCUT2D eigenvalue weighted by Crippen LogP contribution is -2.31. The van der Waals surface area contributed by atoms with Gasteiger partial charge in [-0.15, -0.1) is 0 Å². The molecule has 1 aromatic carbocycles. The number of rotatable bonds is 12. The third kappa shape index (κ3) is 8.01. The summed E-state index contributed by atoms with van der Waals surface area (Å²) >= 11 is 5.83. The fourth-order valence-electron chi connectivity index (χ4n) is 3.93. The SMILES string of the molecule is CC(=O)CCC(=O)O[C@H]1C[C@H](n2cnc3c(=O)[nH]c(NC(=O)C(C)C)nc32)O[C@@H]1COP(=O)(O)Oc1ccc(Cl)cc1. The predicted octanol–water partition coefficient (Wildman–Crippen LogP) is 3.13. The first kappa shape index (κ1) is 31.3. The summed E-state index contributed by atoms with van der Waals surface area (Å²) in [5.74, 6) is -1.70. The van der Waals surface area contributed by atoms with Crippen LogP contribution in [0.15, 0.2) is 35.4 Å². The number of phosphoric acid groups is 1. The topological polar surface area (TPSA) is 201 Å². The molecule has 0 saturated carbocycles. The molecule has 226 valence electrons. The third-order valence-corrected chi connectivity index (χ3v) is 7.26. The molecule has 42 heavy (non-hydrogen) atoms. The number of nitrogens with one attached hydrogen (secondary N) is 2. The number of anilines is 1. The number of ether oxygens (including phenoxy) is 2. The van der Waals surface area contributed by atoms with E-state index in [1.807, 2.05) is 0 Å². The van der Waals surface area contributed by atoms with Gasteiger partial charge in [-0.25, -0.2) is 9.55 Å². The molecule has 17 heteroatoms. The van der Waals surface area contributed by atoms with Crippen LogP contribution in [0, 0.1) is 5.92 Å². The van der Waals surface area contributed by atoms with E-state index in [0.29, 0.717) is 5.02 Å². The first-order valence-corrected chi connectivity index (χ1v) is 14.7. The van der Waals surface area contributed by atoms with E-state index in [4.69, 9.17) is 30.1 Å². The van der Waals surface area contributed by atoms with E-state index in [1.165, 1.54) is 42.1 Å². The molecule has 0 aliphatic carbocycles. The lowest BCUT2D eigenvalue weighted by molar-refractivity contribution is -0.153. The number of esters is 1. The Morgan fingerprint density at radius 1 is 1.26 bits per heavy atom. The van der Waals surface area contributed by atoms with E-state index in [9.17, 15) is 28.6 Å². The van der Waals surface area contributed by atoms with Gasteiger partial charge < -0.3 is 18.8 Å². The molecule has 15 nitrogen and oxygen atoms in total. The summed E-state index contributed by atoms with van der Waals surface area (Å²) in [7, 11) is -4.65. The highest BCUT2D eigenvalue weighted by Gasteiger charge is 2.41. The van der Waals surface area contributed by atoms with Gasteiger partial charge in [-0.3, -0.25) is 38.7 Å². The number of halogens is 1. The van der Waals surface area contributed by atoms with Crippen molar-refractivity contribution in [3.05, 3.63) is 46.0 Å². The van der Waals surface area contributed by atoms with Gasteiger partial charge in [-0.1, -0.05) is 25.4 Å². The number of benzene rings is 1. The highest BCUT2D eigenvalue weighted by Crippen LogP contribution is 2.45. The van der Waals surface area contributed by atoms with Gasteiger partial charge in [0.2, 0.25) is 11.9 Å². The Morgan fingerprint density at radius 3 is 2.64 bits per heavy atom. The minimum absolute atomic E-state index is 0.0151. The summed E-state index contributed by atoms with van der Waals surface area (Å²) in [6, 6.07) is 5.69. The van der Waals surface area contributed by atoms with Crippen LogP contribution in [0.1, 0.15) is 46.3 Å². The van der Waals surface area contributed by atoms with Crippen molar-refractivity contribution in [3.63, 3.8) is 0 Å². The number of hydrogen-bond donors (Lipinski definition) is 3. The fourth-order valence-corrected chi connectivity index (χ4v) is 4.83. The average Bonchev–Trinajstić information content (AvgIpc) is 3.51. The van der Waals surface area contributed by atoms with Crippen LogP contribution in [-0.2, 0) is 32.9 Å². The number of imidazole rings is 1. The maximum Gasteiger partial charge on any atom is 0.527 e. The van der Waals surface area contributed by atoms with Crippen LogP contribution in [0.25, 0.3) is 11.2 Å². The minimum Gasteiger partial charge on any atom is -0.459 e. The Hall–Kier alpha value is -3.62. The highest BCUT2D eigenvalue weighted by molar-refractivity contribution is 7.47. The second-order valence-electron chi connectivity index (χ2n) is 9.79. The normalized spacial score (nSPS) is 19.9. The summed E-state index contributed by atoms with van der Waals surface area (Å²) in [5.41, 5.74) is -0.569. The first-order valence-electron chi connectivity index (χ1n) is 12.9. The second kappa shape index (κ2) is 13.1. The summed E-state index contributed by atoms with van der Waals surface area (Å²) in [5, 5.41) is 2.92. The van der Waals surface area contributed by atoms with E-state index >= 15 is 0 Å². The van der Waals surface area contributed by atoms with Crippen molar-refractivity contribution in [1.29, 1.82) is 0 Å². The van der Waals surface area contributed by atoms with Crippen LogP contribution in [0.3, 0.4) is 0 Å². The predicted molar refractivity (Wildman–Crippen MR) is 148 cm³/mol. The van der Waals surface area contributed by atoms with Gasteiger partial charge in [-0.05, 0) is 31.2 Å². The zero-order chi connectivity index (χ0) is 30.6. The van der Waals surface area contributed by atoms with Crippen LogP contribution in [0.4, 0.5) is 5.95 Å². The summed E-state index contributed by atoms with van der Waals surface area (Å²) < 4.78 is 35.8. The van der Waals surface area contributed by atoms with Crippen LogP contribution < -0.4 is 15.4 Å². The number of aromatic nitrogens is 4. The number of phosphoric ester groups is 1. The number of nitrogens with zero attached hydrogens (tertiary/aromatic N) is 3. The summed E-state index contributed by atoms with van der Waals surface area (Å²) in [4.78, 5) is 69.6. The van der Waals surface area contributed by atoms with Crippen molar-refractivity contribution in [2.45, 2.75) is 58.5 Å². The average molecular weight is 626 g/mol. The van der Waals surface area contributed by atoms with E-state index in [2.05, 4.69) is 20.3 Å². The standard InChI is InChI=1S/C25H29ClN5O10P/c1-13(2)23(34)29-25-28-22-21(24(35)30-25)27-12-31(22)19-10-17(40-20(33)9-4-14(3)32)18(39-19)11-38-42(36,37)41-16-7-5-15(26)6-8-16/h5-8,12-13,17-19H,4,9-11H2,1-3H3,(H,36,37)(H2,28,29,30,34,35)/t17-,18+,19+/m0/s1. The molecule has 1 saturated heterocycles. The van der Waals surface area contributed by atoms with Crippen LogP contribution in [0.5, 0.6) is 5.75 Å². The van der Waals surface area contributed by atoms with Gasteiger partial charge in [-0.2, -0.15) is 4.98 Å². The summed E-state index contributed by atoms with van der Waals surface area (Å²) in [6.45, 7) is 4.16. The number of carbonyl (C=O) groups is 3. The van der Waals surface area contributed by atoms with Gasteiger partial charge >= 0.3 is 13.8 Å². The van der Waals surface area contributed by atoms with Crippen molar-refractivity contribution in [2.24, 2.45) is 5.92 Å². The quantitative estimate of drug-likeness (QED) is 0.196. The molecule has 1 unspecified atom stereocenters. The first-order chi connectivity index (χ1) is 19.8. The number of H-pyrrole nitrogens is 1. The van der Waals surface area contributed by atoms with Crippen molar-refractivity contribution in [1.82, 2.24) is 19.5 Å². The Bertz CT molecular complexity index is 1570. The lowest BCUT2D eigenvalue weighted by Gasteiger charge is -2.20. The largest absolute Gasteiger partial charge is 0.527 e. The van der Waals surface area contributed by atoms with E-state index in [1.54, 1.807) is 13.8 Å². The van der Waals surface area contributed by atoms with Crippen molar-refractivity contribution in [2.75, 3.05) is 11.9 Å². The minimum atomic E-state index is -4.65. The molecule has 4 rings (SSSR count). The molecule has 0 bridgehead atoms. The highest BCUT2D eigenvalue weighted by atomic mass is 35.5. The zero-order valence-electron chi connectivity index (χ0n) is 22.8. The van der Waals surface area contributed by atoms with E-state index in [0.717, 1.165) is 0 Å². The van der Waals surface area contributed by atoms with Crippen molar-refractivity contribution in [3.8, 4) is 5.75 Å². The second-order valence-corrected chi connectivity index (χ2v) is 11.6. The monoisotopic (exact) mass is 625 g/mol. The number of amides is 1. The van der Waals surface area contributed by atoms with Gasteiger partial charge in [0.1, 0.15) is 30.0 Å². The molecule has 4 atom stereocenters. The van der Waals surface area contributed by atoms with Crippen molar-refractivity contribution < 1.29 is 42.4 Å². The molecular weight excluding hydrogens is 597 g/mol. The van der Waals surface area contributed by atoms with Gasteiger partial charge in [0.15, 0.2) is 11.2 Å². The maximum atomic E-state index is 12.6. The molecular formula is C25H29ClN5O10P. The van der Waals surface area contributed by atoms with Crippen LogP contribution >= 0.6 is 19.4 Å². The molecule has 1 aliphatic rings. The molecule has 0 radical (unpaired) electrons. The Kier molecular flexibility index (Phi) is 9.79. The summed E-state index contributed by atoms with van der Waals surface area (Å²) in [6.07, 6.45) is -1.85. The fraction of sp³-hybridized carbons (Fsp3) is 0.440. The smallest absolute Gasteiger partial charge is 0.459 e. The molecule has 0 spiro atoms. The molecule has 3 heterocycles. The number of hydrogen-bond acceptors (Lipinski definition) is 11. The Labute approximate surface area is 244 Å². The van der Waals surface area contributed by atoms with Gasteiger partial charge in [0.25, 0.3) is 5.56 Å². The molecule has 3 aromatic rings. The molecule has 3 N–H and O–H groups in total. The number of ketones is 1. The lowest BCUT2D eigenvalue weighted by atomic mass is 10.2. The van der Waals surface area contributed by atoms with E-state index in [-0.39, 0.29) is 59.7 Å².